The zero-order valence-electron chi connectivity index (χ0n) is 23.9. The van der Waals surface area contributed by atoms with Crippen LogP contribution in [-0.2, 0) is 18.1 Å². The Morgan fingerprint density at radius 1 is 0.714 bits per heavy atom. The van der Waals surface area contributed by atoms with Gasteiger partial charge < -0.3 is 18.9 Å². The third-order valence-electron chi connectivity index (χ3n) is 6.83. The SMILES string of the molecule is COc1ccc(COc2cnc(C(ON3C(=O)c4ccccc4C3=O)C(C)C)cc2OCc2ccc(OC)cc2)cc1. The first-order valence-electron chi connectivity index (χ1n) is 13.5. The molecular weight excluding hydrogens is 536 g/mol. The van der Waals surface area contributed by atoms with Gasteiger partial charge >= 0.3 is 0 Å². The van der Waals surface area contributed by atoms with Crippen LogP contribution in [0.25, 0.3) is 0 Å². The van der Waals surface area contributed by atoms with Gasteiger partial charge in [0.1, 0.15) is 30.8 Å². The van der Waals surface area contributed by atoms with Crippen LogP contribution in [0.1, 0.15) is 57.5 Å². The van der Waals surface area contributed by atoms with Gasteiger partial charge in [-0.1, -0.05) is 50.2 Å². The van der Waals surface area contributed by atoms with Gasteiger partial charge in [-0.3, -0.25) is 19.4 Å². The van der Waals surface area contributed by atoms with Crippen molar-refractivity contribution >= 4 is 11.8 Å². The summed E-state index contributed by atoms with van der Waals surface area (Å²) in [6, 6.07) is 23.5. The highest BCUT2D eigenvalue weighted by atomic mass is 16.7. The van der Waals surface area contributed by atoms with E-state index in [4.69, 9.17) is 23.8 Å². The molecule has 0 bridgehead atoms. The van der Waals surface area contributed by atoms with Crippen molar-refractivity contribution in [1.82, 2.24) is 10.0 Å². The molecule has 1 aliphatic heterocycles. The van der Waals surface area contributed by atoms with E-state index >= 15 is 0 Å². The Morgan fingerprint density at radius 2 is 1.21 bits per heavy atom. The number of fused-ring (bicyclic) bond motifs is 1. The van der Waals surface area contributed by atoms with E-state index in [9.17, 15) is 9.59 Å². The summed E-state index contributed by atoms with van der Waals surface area (Å²) in [5.74, 6) is 1.24. The van der Waals surface area contributed by atoms with Gasteiger partial charge in [-0.2, -0.15) is 0 Å². The minimum Gasteiger partial charge on any atom is -0.497 e. The number of pyridine rings is 1. The quantitative estimate of drug-likeness (QED) is 0.187. The Bertz CT molecular complexity index is 1520. The van der Waals surface area contributed by atoms with Gasteiger partial charge in [0.2, 0.25) is 0 Å². The Morgan fingerprint density at radius 3 is 1.69 bits per heavy atom. The molecule has 9 nitrogen and oxygen atoms in total. The molecule has 1 unspecified atom stereocenters. The van der Waals surface area contributed by atoms with Crippen molar-refractivity contribution in [1.29, 1.82) is 0 Å². The van der Waals surface area contributed by atoms with Gasteiger partial charge in [0, 0.05) is 6.07 Å². The van der Waals surface area contributed by atoms with E-state index in [2.05, 4.69) is 4.98 Å². The van der Waals surface area contributed by atoms with Crippen molar-refractivity contribution in [3.63, 3.8) is 0 Å². The standard InChI is InChI=1S/C33H32N2O7/c1-21(2)31(42-35-32(36)26-7-5-6-8-27(26)33(35)37)28-17-29(40-19-22-9-13-24(38-3)14-10-22)30(18-34-28)41-20-23-11-15-25(39-4)16-12-23/h5-18,21,31H,19-20H2,1-4H3. The minimum atomic E-state index is -0.716. The zero-order valence-corrected chi connectivity index (χ0v) is 23.9. The number of imide groups is 1. The average Bonchev–Trinajstić information content (AvgIpc) is 3.26. The fourth-order valence-corrected chi connectivity index (χ4v) is 4.48. The molecule has 0 saturated heterocycles. The number of aromatic nitrogens is 1. The largest absolute Gasteiger partial charge is 0.497 e. The maximum Gasteiger partial charge on any atom is 0.285 e. The Labute approximate surface area is 244 Å². The number of carbonyl (C=O) groups is 2. The summed E-state index contributed by atoms with van der Waals surface area (Å²) >= 11 is 0. The van der Waals surface area contributed by atoms with Crippen LogP contribution in [0.2, 0.25) is 0 Å². The van der Waals surface area contributed by atoms with Gasteiger partial charge in [0.05, 0.1) is 37.2 Å². The fourth-order valence-electron chi connectivity index (χ4n) is 4.48. The number of hydroxylamine groups is 2. The fraction of sp³-hybridized carbons (Fsp3) is 0.242. The lowest BCUT2D eigenvalue weighted by atomic mass is 10.0. The molecule has 216 valence electrons. The third-order valence-corrected chi connectivity index (χ3v) is 6.83. The molecule has 5 rings (SSSR count). The summed E-state index contributed by atoms with van der Waals surface area (Å²) in [5.41, 5.74) is 2.98. The Balaban J connectivity index is 1.40. The van der Waals surface area contributed by atoms with Crippen LogP contribution >= 0.6 is 0 Å². The molecule has 2 heterocycles. The number of benzene rings is 3. The highest BCUT2D eigenvalue weighted by Crippen LogP contribution is 2.36. The number of hydrogen-bond acceptors (Lipinski definition) is 8. The molecular formula is C33H32N2O7. The van der Waals surface area contributed by atoms with Crippen molar-refractivity contribution in [2.24, 2.45) is 5.92 Å². The molecule has 0 spiro atoms. The highest BCUT2D eigenvalue weighted by Gasteiger charge is 2.39. The van der Waals surface area contributed by atoms with E-state index in [1.807, 2.05) is 62.4 Å². The first kappa shape index (κ1) is 28.6. The summed E-state index contributed by atoms with van der Waals surface area (Å²) < 4.78 is 22.8. The summed E-state index contributed by atoms with van der Waals surface area (Å²) in [7, 11) is 3.24. The maximum absolute atomic E-state index is 13.0. The van der Waals surface area contributed by atoms with Crippen LogP contribution in [0.5, 0.6) is 23.0 Å². The van der Waals surface area contributed by atoms with E-state index in [-0.39, 0.29) is 19.1 Å². The van der Waals surface area contributed by atoms with Gasteiger partial charge in [0.15, 0.2) is 11.5 Å². The number of rotatable bonds is 12. The second-order valence-electron chi connectivity index (χ2n) is 10.0. The van der Waals surface area contributed by atoms with Crippen molar-refractivity contribution in [3.8, 4) is 23.0 Å². The van der Waals surface area contributed by atoms with Crippen molar-refractivity contribution in [3.05, 3.63) is 113 Å². The molecule has 3 aromatic carbocycles. The van der Waals surface area contributed by atoms with Crippen LogP contribution in [0.3, 0.4) is 0 Å². The molecule has 4 aromatic rings. The van der Waals surface area contributed by atoms with Crippen LogP contribution in [-0.4, -0.2) is 36.1 Å². The molecule has 9 heteroatoms. The second-order valence-corrected chi connectivity index (χ2v) is 10.0. The summed E-state index contributed by atoms with van der Waals surface area (Å²) in [6.45, 7) is 4.40. The molecule has 1 aromatic heterocycles. The first-order chi connectivity index (χ1) is 20.4. The molecule has 42 heavy (non-hydrogen) atoms. The molecule has 2 amide bonds. The van der Waals surface area contributed by atoms with Crippen molar-refractivity contribution in [2.75, 3.05) is 14.2 Å². The van der Waals surface area contributed by atoms with E-state index < -0.39 is 17.9 Å². The Hall–Kier alpha value is -4.89. The highest BCUT2D eigenvalue weighted by molar-refractivity contribution is 6.20. The van der Waals surface area contributed by atoms with Crippen LogP contribution in [0.4, 0.5) is 0 Å². The Kier molecular flexibility index (Phi) is 8.68. The minimum absolute atomic E-state index is 0.137. The molecule has 1 atom stereocenters. The average molecular weight is 569 g/mol. The summed E-state index contributed by atoms with van der Waals surface area (Å²) in [4.78, 5) is 36.6. The summed E-state index contributed by atoms with van der Waals surface area (Å²) in [5, 5.41) is 0.822. The maximum atomic E-state index is 13.0. The van der Waals surface area contributed by atoms with Crippen LogP contribution in [0, 0.1) is 5.92 Å². The molecule has 0 N–H and O–H groups in total. The van der Waals surface area contributed by atoms with Gasteiger partial charge in [-0.15, -0.1) is 5.06 Å². The monoisotopic (exact) mass is 568 g/mol. The first-order valence-corrected chi connectivity index (χ1v) is 13.5. The zero-order chi connectivity index (χ0) is 29.6. The molecule has 0 aliphatic carbocycles. The lowest BCUT2D eigenvalue weighted by Gasteiger charge is -2.25. The number of hydrogen-bond donors (Lipinski definition) is 0. The molecule has 1 aliphatic rings. The van der Waals surface area contributed by atoms with Gasteiger partial charge in [0.25, 0.3) is 11.8 Å². The van der Waals surface area contributed by atoms with Crippen molar-refractivity contribution in [2.45, 2.75) is 33.2 Å². The lowest BCUT2D eigenvalue weighted by Crippen LogP contribution is -2.33. The van der Waals surface area contributed by atoms with E-state index in [1.54, 1.807) is 50.7 Å². The second kappa shape index (κ2) is 12.7. The predicted molar refractivity (Wildman–Crippen MR) is 154 cm³/mol. The number of amides is 2. The van der Waals surface area contributed by atoms with Crippen LogP contribution in [0.15, 0.2) is 85.1 Å². The van der Waals surface area contributed by atoms with Crippen molar-refractivity contribution < 1.29 is 33.4 Å². The number of nitrogens with zero attached hydrogens (tertiary/aromatic N) is 2. The third kappa shape index (κ3) is 6.21. The smallest absolute Gasteiger partial charge is 0.285 e. The van der Waals surface area contributed by atoms with E-state index in [0.29, 0.717) is 28.3 Å². The van der Waals surface area contributed by atoms with Crippen LogP contribution < -0.4 is 18.9 Å². The van der Waals surface area contributed by atoms with Gasteiger partial charge in [-0.05, 0) is 53.4 Å². The topological polar surface area (TPSA) is 96.4 Å². The van der Waals surface area contributed by atoms with Gasteiger partial charge in [-0.25, -0.2) is 0 Å². The summed E-state index contributed by atoms with van der Waals surface area (Å²) in [6.07, 6.45) is 0.856. The lowest BCUT2D eigenvalue weighted by molar-refractivity contribution is -0.149. The normalized spacial score (nSPS) is 13.2. The van der Waals surface area contributed by atoms with E-state index in [1.165, 1.54) is 0 Å². The molecule has 0 saturated carbocycles. The van der Waals surface area contributed by atoms with E-state index in [0.717, 1.165) is 27.7 Å². The molecule has 0 radical (unpaired) electrons. The number of methoxy groups -OCH3 is 2. The number of ether oxygens (including phenoxy) is 4. The number of carbonyl (C=O) groups excluding carboxylic acids is 2. The predicted octanol–water partition coefficient (Wildman–Crippen LogP) is 6.18. The molecule has 0 fully saturated rings.